The largest absolute Gasteiger partial charge is 0.364 e. The van der Waals surface area contributed by atoms with Crippen molar-refractivity contribution in [3.63, 3.8) is 0 Å². The summed E-state index contributed by atoms with van der Waals surface area (Å²) in [6.45, 7) is 4.29. The molecule has 1 aromatic carbocycles. The van der Waals surface area contributed by atoms with Gasteiger partial charge in [0.05, 0.1) is 4.92 Å². The molecule has 0 saturated carbocycles. The quantitative estimate of drug-likeness (QED) is 0.631. The van der Waals surface area contributed by atoms with Gasteiger partial charge in [0.25, 0.3) is 0 Å². The third-order valence-corrected chi connectivity index (χ3v) is 3.73. The topological polar surface area (TPSA) is 93.0 Å². The molecule has 7 nitrogen and oxygen atoms in total. The smallest absolute Gasteiger partial charge is 0.353 e. The van der Waals surface area contributed by atoms with Crippen molar-refractivity contribution in [3.8, 4) is 0 Å². The zero-order chi connectivity index (χ0) is 15.4. The summed E-state index contributed by atoms with van der Waals surface area (Å²) < 4.78 is 0.913. The molecule has 0 bridgehead atoms. The van der Waals surface area contributed by atoms with Gasteiger partial charge in [-0.25, -0.2) is 9.97 Å². The van der Waals surface area contributed by atoms with Crippen molar-refractivity contribution in [3.05, 3.63) is 44.7 Å². The van der Waals surface area contributed by atoms with Gasteiger partial charge < -0.3 is 10.6 Å². The van der Waals surface area contributed by atoms with Crippen molar-refractivity contribution in [2.45, 2.75) is 13.8 Å². The standard InChI is InChI=1S/C13H14BrN5O2/c1-3-15-12-11(19(20)21)13(17-7-16-12)18-10-6-4-5-9(14)8(10)2/h4-7H,3H2,1-2H3,(H2,15,16,17,18). The number of halogens is 1. The second-order valence-electron chi connectivity index (χ2n) is 4.24. The van der Waals surface area contributed by atoms with Gasteiger partial charge in [0, 0.05) is 16.7 Å². The Morgan fingerprint density at radius 1 is 1.33 bits per heavy atom. The summed E-state index contributed by atoms with van der Waals surface area (Å²) in [6, 6.07) is 5.58. The molecule has 8 heteroatoms. The highest BCUT2D eigenvalue weighted by molar-refractivity contribution is 9.10. The SMILES string of the molecule is CCNc1ncnc(Nc2cccc(Br)c2C)c1[N+](=O)[O-]. The Kier molecular flexibility index (Phi) is 4.69. The van der Waals surface area contributed by atoms with E-state index in [2.05, 4.69) is 36.5 Å². The number of rotatable bonds is 5. The lowest BCUT2D eigenvalue weighted by Crippen LogP contribution is -2.08. The number of hydrogen-bond donors (Lipinski definition) is 2. The zero-order valence-electron chi connectivity index (χ0n) is 11.6. The molecular formula is C13H14BrN5O2. The van der Waals surface area contributed by atoms with E-state index in [1.165, 1.54) is 6.33 Å². The van der Waals surface area contributed by atoms with Crippen LogP contribution in [0.1, 0.15) is 12.5 Å². The summed E-state index contributed by atoms with van der Waals surface area (Å²) in [4.78, 5) is 18.7. The first-order valence-corrected chi connectivity index (χ1v) is 7.09. The maximum Gasteiger partial charge on any atom is 0.353 e. The minimum atomic E-state index is -0.492. The van der Waals surface area contributed by atoms with Crippen LogP contribution in [0.25, 0.3) is 0 Å². The lowest BCUT2D eigenvalue weighted by atomic mass is 10.2. The molecule has 0 aliphatic carbocycles. The van der Waals surface area contributed by atoms with Gasteiger partial charge in [0.1, 0.15) is 6.33 Å². The highest BCUT2D eigenvalue weighted by Crippen LogP contribution is 2.33. The first-order chi connectivity index (χ1) is 10.0. The maximum absolute atomic E-state index is 11.3. The third-order valence-electron chi connectivity index (χ3n) is 2.87. The lowest BCUT2D eigenvalue weighted by molar-refractivity contribution is -0.383. The number of aromatic nitrogens is 2. The number of nitrogens with one attached hydrogen (secondary N) is 2. The van der Waals surface area contributed by atoms with Gasteiger partial charge in [0.15, 0.2) is 0 Å². The second-order valence-corrected chi connectivity index (χ2v) is 5.10. The molecule has 1 heterocycles. The zero-order valence-corrected chi connectivity index (χ0v) is 13.1. The van der Waals surface area contributed by atoms with Crippen LogP contribution in [0.2, 0.25) is 0 Å². The van der Waals surface area contributed by atoms with Crippen LogP contribution in [0.3, 0.4) is 0 Å². The van der Waals surface area contributed by atoms with Crippen LogP contribution in [-0.4, -0.2) is 21.4 Å². The van der Waals surface area contributed by atoms with Crippen LogP contribution in [0, 0.1) is 17.0 Å². The average Bonchev–Trinajstić information content (AvgIpc) is 2.44. The molecule has 0 spiro atoms. The van der Waals surface area contributed by atoms with Crippen molar-refractivity contribution in [2.75, 3.05) is 17.2 Å². The van der Waals surface area contributed by atoms with E-state index < -0.39 is 4.92 Å². The molecule has 0 unspecified atom stereocenters. The molecule has 1 aromatic heterocycles. The highest BCUT2D eigenvalue weighted by atomic mass is 79.9. The van der Waals surface area contributed by atoms with Gasteiger partial charge in [-0.3, -0.25) is 10.1 Å². The molecule has 2 rings (SSSR count). The predicted octanol–water partition coefficient (Wildman–Crippen LogP) is 3.63. The Hall–Kier alpha value is -2.22. The lowest BCUT2D eigenvalue weighted by Gasteiger charge is -2.11. The van der Waals surface area contributed by atoms with Crippen molar-refractivity contribution < 1.29 is 4.92 Å². The summed E-state index contributed by atoms with van der Waals surface area (Å²) in [7, 11) is 0. The molecule has 0 radical (unpaired) electrons. The number of nitrogens with zero attached hydrogens (tertiary/aromatic N) is 3. The first kappa shape index (κ1) is 15.2. The van der Waals surface area contributed by atoms with Crippen molar-refractivity contribution in [2.24, 2.45) is 0 Å². The predicted molar refractivity (Wildman–Crippen MR) is 85.0 cm³/mol. The van der Waals surface area contributed by atoms with Crippen molar-refractivity contribution in [1.29, 1.82) is 0 Å². The molecule has 0 aliphatic heterocycles. The number of anilines is 3. The Labute approximate surface area is 130 Å². The van der Waals surface area contributed by atoms with Gasteiger partial charge in [-0.05, 0) is 31.5 Å². The van der Waals surface area contributed by atoms with E-state index in [-0.39, 0.29) is 17.3 Å². The van der Waals surface area contributed by atoms with Gasteiger partial charge in [-0.15, -0.1) is 0 Å². The molecule has 110 valence electrons. The van der Waals surface area contributed by atoms with E-state index >= 15 is 0 Å². The van der Waals surface area contributed by atoms with Crippen LogP contribution < -0.4 is 10.6 Å². The summed E-state index contributed by atoms with van der Waals surface area (Å²) in [5, 5.41) is 17.2. The minimum absolute atomic E-state index is 0.159. The first-order valence-electron chi connectivity index (χ1n) is 6.30. The van der Waals surface area contributed by atoms with E-state index in [1.54, 1.807) is 0 Å². The number of benzene rings is 1. The van der Waals surface area contributed by atoms with E-state index in [0.717, 1.165) is 15.7 Å². The summed E-state index contributed by atoms with van der Waals surface area (Å²) >= 11 is 3.43. The molecule has 2 N–H and O–H groups in total. The molecule has 0 atom stereocenters. The van der Waals surface area contributed by atoms with E-state index in [4.69, 9.17) is 0 Å². The van der Waals surface area contributed by atoms with Crippen LogP contribution in [0.4, 0.5) is 23.0 Å². The van der Waals surface area contributed by atoms with Gasteiger partial charge in [-0.2, -0.15) is 0 Å². The van der Waals surface area contributed by atoms with Crippen LogP contribution in [-0.2, 0) is 0 Å². The summed E-state index contributed by atoms with van der Waals surface area (Å²) in [6.07, 6.45) is 1.29. The minimum Gasteiger partial charge on any atom is -0.364 e. The fourth-order valence-electron chi connectivity index (χ4n) is 1.81. The molecule has 0 amide bonds. The van der Waals surface area contributed by atoms with E-state index in [0.29, 0.717) is 6.54 Å². The van der Waals surface area contributed by atoms with Crippen LogP contribution in [0.15, 0.2) is 29.0 Å². The summed E-state index contributed by atoms with van der Waals surface area (Å²) in [5.41, 5.74) is 1.52. The molecule has 2 aromatic rings. The van der Waals surface area contributed by atoms with E-state index in [1.807, 2.05) is 32.0 Å². The molecule has 0 fully saturated rings. The van der Waals surface area contributed by atoms with Crippen LogP contribution >= 0.6 is 15.9 Å². The Balaban J connectivity index is 2.46. The molecule has 0 saturated heterocycles. The maximum atomic E-state index is 11.3. The molecule has 0 aliphatic rings. The fourth-order valence-corrected chi connectivity index (χ4v) is 2.18. The third kappa shape index (κ3) is 3.27. The Morgan fingerprint density at radius 2 is 2.05 bits per heavy atom. The monoisotopic (exact) mass is 351 g/mol. The number of hydrogen-bond acceptors (Lipinski definition) is 6. The fraction of sp³-hybridized carbons (Fsp3) is 0.231. The Bertz CT molecular complexity index is 678. The number of nitro groups is 1. The normalized spacial score (nSPS) is 10.2. The Morgan fingerprint density at radius 3 is 2.71 bits per heavy atom. The van der Waals surface area contributed by atoms with Crippen molar-refractivity contribution >= 4 is 38.9 Å². The van der Waals surface area contributed by atoms with Gasteiger partial charge in [-0.1, -0.05) is 22.0 Å². The summed E-state index contributed by atoms with van der Waals surface area (Å²) in [5.74, 6) is 0.361. The average molecular weight is 352 g/mol. The van der Waals surface area contributed by atoms with E-state index in [9.17, 15) is 10.1 Å². The van der Waals surface area contributed by atoms with Crippen molar-refractivity contribution in [1.82, 2.24) is 9.97 Å². The van der Waals surface area contributed by atoms with Gasteiger partial charge >= 0.3 is 5.69 Å². The molecule has 21 heavy (non-hydrogen) atoms. The molecular weight excluding hydrogens is 338 g/mol. The van der Waals surface area contributed by atoms with Gasteiger partial charge in [0.2, 0.25) is 11.6 Å². The highest BCUT2D eigenvalue weighted by Gasteiger charge is 2.23. The second kappa shape index (κ2) is 6.49. The van der Waals surface area contributed by atoms with Crippen LogP contribution in [0.5, 0.6) is 0 Å².